The molecule has 0 bridgehead atoms. The molecule has 4 nitrogen and oxygen atoms in total. The lowest BCUT2D eigenvalue weighted by Crippen LogP contribution is -2.25. The molecule has 0 fully saturated rings. The van der Waals surface area contributed by atoms with Crippen molar-refractivity contribution in [2.45, 2.75) is 26.1 Å². The van der Waals surface area contributed by atoms with E-state index in [2.05, 4.69) is 0 Å². The summed E-state index contributed by atoms with van der Waals surface area (Å²) in [6.07, 6.45) is 3.54. The third-order valence-electron chi connectivity index (χ3n) is 1.87. The zero-order valence-electron chi connectivity index (χ0n) is 10.00. The van der Waals surface area contributed by atoms with Crippen molar-refractivity contribution in [2.24, 2.45) is 0 Å². The fraction of sp³-hybridized carbons (Fsp3) is 0.500. The van der Waals surface area contributed by atoms with Crippen LogP contribution in [-0.4, -0.2) is 45.5 Å². The lowest BCUT2D eigenvalue weighted by Gasteiger charge is -2.09. The van der Waals surface area contributed by atoms with Crippen molar-refractivity contribution in [3.8, 4) is 0 Å². The Hall–Kier alpha value is -0.910. The van der Waals surface area contributed by atoms with Crippen LogP contribution in [0.15, 0.2) is 24.3 Å². The molecule has 0 saturated heterocycles. The van der Waals surface area contributed by atoms with E-state index in [1.807, 2.05) is 0 Å². The van der Waals surface area contributed by atoms with Crippen LogP contribution in [-0.2, 0) is 9.59 Å². The Morgan fingerprint density at radius 3 is 1.65 bits per heavy atom. The molecule has 0 saturated carbocycles. The van der Waals surface area contributed by atoms with E-state index in [0.29, 0.717) is 0 Å². The van der Waals surface area contributed by atoms with Gasteiger partial charge in [-0.2, -0.15) is 11.8 Å². The van der Waals surface area contributed by atoms with E-state index in [1.165, 1.54) is 23.9 Å². The minimum Gasteiger partial charge on any atom is -0.384 e. The molecule has 0 spiro atoms. The number of carbonyl (C=O) groups excluding carboxylic acids is 2. The highest BCUT2D eigenvalue weighted by atomic mass is 32.2. The van der Waals surface area contributed by atoms with Gasteiger partial charge in [0.2, 0.25) is 0 Å². The first-order chi connectivity index (χ1) is 8.02. The quantitative estimate of drug-likeness (QED) is 0.628. The number of aliphatic hydroxyl groups is 2. The van der Waals surface area contributed by atoms with Crippen molar-refractivity contribution in [3.05, 3.63) is 24.3 Å². The van der Waals surface area contributed by atoms with E-state index in [-0.39, 0.29) is 23.1 Å². The van der Waals surface area contributed by atoms with Crippen LogP contribution in [0, 0.1) is 0 Å². The molecule has 0 aromatic heterocycles. The zero-order chi connectivity index (χ0) is 13.3. The predicted molar refractivity (Wildman–Crippen MR) is 69.0 cm³/mol. The average Bonchev–Trinajstić information content (AvgIpc) is 2.29. The van der Waals surface area contributed by atoms with Crippen LogP contribution in [0.2, 0.25) is 0 Å². The highest BCUT2D eigenvalue weighted by Gasteiger charge is 2.15. The molecular formula is C12H18O4S. The number of hydrogen-bond donors (Lipinski definition) is 2. The number of carbonyl (C=O) groups is 2. The summed E-state index contributed by atoms with van der Waals surface area (Å²) in [7, 11) is 0. The van der Waals surface area contributed by atoms with E-state index in [9.17, 15) is 19.8 Å². The summed E-state index contributed by atoms with van der Waals surface area (Å²) in [6, 6.07) is 0. The van der Waals surface area contributed by atoms with Gasteiger partial charge in [-0.25, -0.2) is 0 Å². The van der Waals surface area contributed by atoms with Gasteiger partial charge >= 0.3 is 0 Å². The second-order valence-electron chi connectivity index (χ2n) is 3.37. The Kier molecular flexibility index (Phi) is 8.66. The summed E-state index contributed by atoms with van der Waals surface area (Å²) in [4.78, 5) is 22.3. The molecule has 0 aliphatic heterocycles. The van der Waals surface area contributed by atoms with Gasteiger partial charge in [-0.1, -0.05) is 12.2 Å². The smallest absolute Gasteiger partial charge is 0.184 e. The predicted octanol–water partition coefficient (Wildman–Crippen LogP) is 0.732. The minimum atomic E-state index is -1.08. The van der Waals surface area contributed by atoms with E-state index < -0.39 is 12.2 Å². The van der Waals surface area contributed by atoms with Crippen molar-refractivity contribution in [2.75, 3.05) is 11.5 Å². The molecule has 5 heteroatoms. The number of hydrogen-bond acceptors (Lipinski definition) is 5. The molecule has 2 atom stereocenters. The number of rotatable bonds is 8. The van der Waals surface area contributed by atoms with Crippen LogP contribution in [0.1, 0.15) is 13.8 Å². The third kappa shape index (κ3) is 7.10. The van der Waals surface area contributed by atoms with Gasteiger partial charge < -0.3 is 10.2 Å². The summed E-state index contributed by atoms with van der Waals surface area (Å²) in [5.41, 5.74) is 0. The number of ketones is 2. The fourth-order valence-corrected chi connectivity index (χ4v) is 1.92. The fourth-order valence-electron chi connectivity index (χ4n) is 1.01. The molecule has 0 heterocycles. The average molecular weight is 258 g/mol. The topological polar surface area (TPSA) is 74.6 Å². The summed E-state index contributed by atoms with van der Waals surface area (Å²) in [6.45, 7) is 3.38. The molecule has 0 rings (SSSR count). The Bertz CT molecular complexity index is 280. The minimum absolute atomic E-state index is 0.170. The summed E-state index contributed by atoms with van der Waals surface area (Å²) >= 11 is 1.17. The second kappa shape index (κ2) is 9.15. The lowest BCUT2D eigenvalue weighted by atomic mass is 10.2. The summed E-state index contributed by atoms with van der Waals surface area (Å²) < 4.78 is 0. The maximum atomic E-state index is 11.2. The van der Waals surface area contributed by atoms with Crippen molar-refractivity contribution < 1.29 is 19.8 Å². The van der Waals surface area contributed by atoms with Crippen molar-refractivity contribution in [1.29, 1.82) is 0 Å². The number of thioether (sulfide) groups is 1. The van der Waals surface area contributed by atoms with Gasteiger partial charge in [-0.15, -0.1) is 0 Å². The first-order valence-corrected chi connectivity index (χ1v) is 6.45. The van der Waals surface area contributed by atoms with Gasteiger partial charge in [0.1, 0.15) is 12.2 Å². The maximum absolute atomic E-state index is 11.2. The van der Waals surface area contributed by atoms with Gasteiger partial charge in [-0.05, 0) is 26.0 Å². The third-order valence-corrected chi connectivity index (χ3v) is 2.97. The SMILES string of the molecule is CC=CC(=O)C(O)CSCC(O)C(=O)C=CC. The van der Waals surface area contributed by atoms with Crippen LogP contribution in [0.25, 0.3) is 0 Å². The highest BCUT2D eigenvalue weighted by molar-refractivity contribution is 7.99. The lowest BCUT2D eigenvalue weighted by molar-refractivity contribution is -0.121. The first kappa shape index (κ1) is 16.1. The first-order valence-electron chi connectivity index (χ1n) is 5.29. The summed E-state index contributed by atoms with van der Waals surface area (Å²) in [5.74, 6) is -0.393. The second-order valence-corrected chi connectivity index (χ2v) is 4.45. The molecule has 0 aromatic carbocycles. The van der Waals surface area contributed by atoms with Gasteiger partial charge in [0.15, 0.2) is 11.6 Å². The normalized spacial score (nSPS) is 15.3. The van der Waals surface area contributed by atoms with E-state index in [1.54, 1.807) is 26.0 Å². The maximum Gasteiger partial charge on any atom is 0.184 e. The van der Waals surface area contributed by atoms with Crippen LogP contribution in [0.5, 0.6) is 0 Å². The van der Waals surface area contributed by atoms with E-state index >= 15 is 0 Å². The van der Waals surface area contributed by atoms with E-state index in [4.69, 9.17) is 0 Å². The molecular weight excluding hydrogens is 240 g/mol. The monoisotopic (exact) mass is 258 g/mol. The van der Waals surface area contributed by atoms with Gasteiger partial charge in [0.05, 0.1) is 0 Å². The molecule has 96 valence electrons. The van der Waals surface area contributed by atoms with E-state index in [0.717, 1.165) is 0 Å². The van der Waals surface area contributed by atoms with Gasteiger partial charge in [0, 0.05) is 11.5 Å². The van der Waals surface area contributed by atoms with Crippen molar-refractivity contribution in [1.82, 2.24) is 0 Å². The van der Waals surface area contributed by atoms with Crippen molar-refractivity contribution >= 4 is 23.3 Å². The highest BCUT2D eigenvalue weighted by Crippen LogP contribution is 2.07. The van der Waals surface area contributed by atoms with Crippen LogP contribution in [0.4, 0.5) is 0 Å². The molecule has 2 N–H and O–H groups in total. The number of aliphatic hydroxyl groups excluding tert-OH is 2. The molecule has 0 aliphatic carbocycles. The standard InChI is InChI=1S/C12H18O4S/c1-3-5-9(13)11(15)7-17-8-12(16)10(14)6-4-2/h3-6,11-12,15-16H,7-8H2,1-2H3. The molecule has 0 aliphatic rings. The van der Waals surface area contributed by atoms with Crippen LogP contribution >= 0.6 is 11.8 Å². The molecule has 0 radical (unpaired) electrons. The van der Waals surface area contributed by atoms with Gasteiger partial charge in [-0.3, -0.25) is 9.59 Å². The Balaban J connectivity index is 3.91. The van der Waals surface area contributed by atoms with Gasteiger partial charge in [0.25, 0.3) is 0 Å². The Labute approximate surface area is 105 Å². The van der Waals surface area contributed by atoms with Crippen LogP contribution < -0.4 is 0 Å². The Morgan fingerprint density at radius 1 is 1.00 bits per heavy atom. The molecule has 2 unspecified atom stereocenters. The van der Waals surface area contributed by atoms with Crippen molar-refractivity contribution in [3.63, 3.8) is 0 Å². The Morgan fingerprint density at radius 2 is 1.35 bits per heavy atom. The molecule has 17 heavy (non-hydrogen) atoms. The molecule has 0 aromatic rings. The molecule has 0 amide bonds. The number of allylic oxidation sites excluding steroid dienone is 2. The summed E-state index contributed by atoms with van der Waals surface area (Å²) in [5, 5.41) is 18.8. The zero-order valence-corrected chi connectivity index (χ0v) is 10.8. The largest absolute Gasteiger partial charge is 0.384 e. The van der Waals surface area contributed by atoms with Crippen LogP contribution in [0.3, 0.4) is 0 Å².